The van der Waals surface area contributed by atoms with Gasteiger partial charge in [0.25, 0.3) is 0 Å². The first-order valence-electron chi connectivity index (χ1n) is 6.96. The molecule has 2 N–H and O–H groups in total. The third-order valence-electron chi connectivity index (χ3n) is 3.09. The van der Waals surface area contributed by atoms with Gasteiger partial charge < -0.3 is 20.3 Å². The van der Waals surface area contributed by atoms with E-state index in [0.717, 1.165) is 35.3 Å². The maximum Gasteiger partial charge on any atom is 0.166 e. The van der Waals surface area contributed by atoms with Crippen LogP contribution in [0, 0.1) is 0 Å². The number of thiocarbonyl (C=S) groups is 1. The van der Waals surface area contributed by atoms with E-state index in [4.69, 9.17) is 17.0 Å². The first-order valence-corrected chi connectivity index (χ1v) is 8.16. The van der Waals surface area contributed by atoms with Crippen molar-refractivity contribution in [2.45, 2.75) is 19.4 Å². The highest BCUT2D eigenvalue weighted by Crippen LogP contribution is 2.27. The molecular formula is C15H24BrN3OS. The first-order chi connectivity index (χ1) is 9.93. The summed E-state index contributed by atoms with van der Waals surface area (Å²) >= 11 is 8.82. The molecule has 21 heavy (non-hydrogen) atoms. The zero-order valence-corrected chi connectivity index (χ0v) is 15.5. The van der Waals surface area contributed by atoms with Crippen LogP contribution in [-0.4, -0.2) is 44.3 Å². The zero-order chi connectivity index (χ0) is 15.8. The van der Waals surface area contributed by atoms with E-state index in [1.165, 1.54) is 0 Å². The van der Waals surface area contributed by atoms with Gasteiger partial charge in [-0.2, -0.15) is 0 Å². The van der Waals surface area contributed by atoms with Crippen LogP contribution in [0.25, 0.3) is 0 Å². The molecule has 6 heteroatoms. The van der Waals surface area contributed by atoms with Gasteiger partial charge in [0.15, 0.2) is 5.11 Å². The Balaban J connectivity index is 2.43. The molecule has 0 aromatic heterocycles. The molecule has 0 bridgehead atoms. The largest absolute Gasteiger partial charge is 0.496 e. The molecular weight excluding hydrogens is 350 g/mol. The molecule has 1 atom stereocenters. The number of methoxy groups -OCH3 is 1. The molecule has 1 rings (SSSR count). The molecule has 0 aliphatic heterocycles. The molecule has 1 aromatic carbocycles. The second kappa shape index (κ2) is 9.23. The Morgan fingerprint density at radius 3 is 2.71 bits per heavy atom. The van der Waals surface area contributed by atoms with E-state index in [1.807, 2.05) is 18.2 Å². The van der Waals surface area contributed by atoms with Gasteiger partial charge in [0.2, 0.25) is 0 Å². The van der Waals surface area contributed by atoms with Crippen LogP contribution in [0.3, 0.4) is 0 Å². The Morgan fingerprint density at radius 1 is 1.43 bits per heavy atom. The molecule has 0 saturated heterocycles. The monoisotopic (exact) mass is 373 g/mol. The van der Waals surface area contributed by atoms with E-state index in [2.05, 4.69) is 52.5 Å². The highest BCUT2D eigenvalue weighted by Gasteiger charge is 2.09. The Kier molecular flexibility index (Phi) is 8.00. The standard InChI is InChI=1S/C15H24BrN3OS/c1-11(12-6-7-14(20-4)13(16)10-12)18-15(21)17-8-5-9-19(2)3/h6-7,10-11H,5,8-9H2,1-4H3,(H2,17,18,21)/t11-/m1/s1. The van der Waals surface area contributed by atoms with Gasteiger partial charge in [0.1, 0.15) is 5.75 Å². The van der Waals surface area contributed by atoms with Gasteiger partial charge in [0, 0.05) is 6.54 Å². The number of halogens is 1. The maximum atomic E-state index is 5.32. The number of nitrogens with zero attached hydrogens (tertiary/aromatic N) is 1. The van der Waals surface area contributed by atoms with Crippen LogP contribution < -0.4 is 15.4 Å². The van der Waals surface area contributed by atoms with E-state index >= 15 is 0 Å². The van der Waals surface area contributed by atoms with Crippen molar-refractivity contribution in [3.8, 4) is 5.75 Å². The Morgan fingerprint density at radius 2 is 2.14 bits per heavy atom. The highest BCUT2D eigenvalue weighted by atomic mass is 79.9. The molecule has 0 heterocycles. The molecule has 0 amide bonds. The third kappa shape index (κ3) is 6.63. The van der Waals surface area contributed by atoms with Crippen molar-refractivity contribution in [3.05, 3.63) is 28.2 Å². The Bertz CT molecular complexity index is 468. The molecule has 0 fully saturated rings. The summed E-state index contributed by atoms with van der Waals surface area (Å²) in [5.41, 5.74) is 1.15. The number of benzene rings is 1. The summed E-state index contributed by atoms with van der Waals surface area (Å²) in [5.74, 6) is 0.829. The minimum absolute atomic E-state index is 0.140. The predicted octanol–water partition coefficient (Wildman–Crippen LogP) is 2.93. The predicted molar refractivity (Wildman–Crippen MR) is 96.0 cm³/mol. The van der Waals surface area contributed by atoms with Crippen LogP contribution in [0.4, 0.5) is 0 Å². The number of rotatable bonds is 7. The normalized spacial score (nSPS) is 12.1. The average molecular weight is 374 g/mol. The van der Waals surface area contributed by atoms with Gasteiger partial charge in [-0.1, -0.05) is 6.07 Å². The van der Waals surface area contributed by atoms with Crippen LogP contribution in [-0.2, 0) is 0 Å². The Hall–Kier alpha value is -0.850. The van der Waals surface area contributed by atoms with E-state index in [1.54, 1.807) is 7.11 Å². The molecule has 1 aromatic rings. The summed E-state index contributed by atoms with van der Waals surface area (Å²) < 4.78 is 6.18. The van der Waals surface area contributed by atoms with Crippen LogP contribution in [0.1, 0.15) is 24.9 Å². The van der Waals surface area contributed by atoms with Crippen LogP contribution in [0.5, 0.6) is 5.75 Å². The highest BCUT2D eigenvalue weighted by molar-refractivity contribution is 9.10. The molecule has 0 unspecified atom stereocenters. The quantitative estimate of drug-likeness (QED) is 0.567. The molecule has 118 valence electrons. The van der Waals surface area contributed by atoms with Gasteiger partial charge in [-0.3, -0.25) is 0 Å². The minimum Gasteiger partial charge on any atom is -0.496 e. The van der Waals surface area contributed by atoms with E-state index in [-0.39, 0.29) is 6.04 Å². The molecule has 4 nitrogen and oxygen atoms in total. The fourth-order valence-corrected chi connectivity index (χ4v) is 2.72. The lowest BCUT2D eigenvalue weighted by Gasteiger charge is -2.18. The SMILES string of the molecule is COc1ccc([C@@H](C)NC(=S)NCCCN(C)C)cc1Br. The van der Waals surface area contributed by atoms with Crippen molar-refractivity contribution in [1.29, 1.82) is 0 Å². The molecule has 0 saturated carbocycles. The van der Waals surface area contributed by atoms with Crippen molar-refractivity contribution in [1.82, 2.24) is 15.5 Å². The zero-order valence-electron chi connectivity index (χ0n) is 13.1. The summed E-state index contributed by atoms with van der Waals surface area (Å²) in [4.78, 5) is 2.16. The molecule has 0 spiro atoms. The fourth-order valence-electron chi connectivity index (χ4n) is 1.88. The van der Waals surface area contributed by atoms with Crippen LogP contribution in [0.15, 0.2) is 22.7 Å². The fraction of sp³-hybridized carbons (Fsp3) is 0.533. The summed E-state index contributed by atoms with van der Waals surface area (Å²) in [5, 5.41) is 7.22. The summed E-state index contributed by atoms with van der Waals surface area (Å²) in [7, 11) is 5.80. The lowest BCUT2D eigenvalue weighted by atomic mass is 10.1. The minimum atomic E-state index is 0.140. The van der Waals surface area contributed by atoms with Gasteiger partial charge in [-0.25, -0.2) is 0 Å². The first kappa shape index (κ1) is 18.2. The van der Waals surface area contributed by atoms with Crippen molar-refractivity contribution < 1.29 is 4.74 Å². The van der Waals surface area contributed by atoms with E-state index in [9.17, 15) is 0 Å². The maximum absolute atomic E-state index is 5.32. The molecule has 0 radical (unpaired) electrons. The number of nitrogens with one attached hydrogen (secondary N) is 2. The third-order valence-corrected chi connectivity index (χ3v) is 3.97. The lowest BCUT2D eigenvalue weighted by molar-refractivity contribution is 0.400. The topological polar surface area (TPSA) is 36.5 Å². The second-order valence-electron chi connectivity index (χ2n) is 5.17. The Labute approximate surface area is 141 Å². The van der Waals surface area contributed by atoms with Crippen molar-refractivity contribution in [3.63, 3.8) is 0 Å². The number of hydrogen-bond acceptors (Lipinski definition) is 3. The van der Waals surface area contributed by atoms with Gasteiger partial charge >= 0.3 is 0 Å². The van der Waals surface area contributed by atoms with Gasteiger partial charge in [-0.05, 0) is 79.8 Å². The van der Waals surface area contributed by atoms with Crippen molar-refractivity contribution in [2.75, 3.05) is 34.3 Å². The van der Waals surface area contributed by atoms with E-state index < -0.39 is 0 Å². The number of ether oxygens (including phenoxy) is 1. The second-order valence-corrected chi connectivity index (χ2v) is 6.44. The van der Waals surface area contributed by atoms with Gasteiger partial charge in [-0.15, -0.1) is 0 Å². The summed E-state index contributed by atoms with van der Waals surface area (Å²) in [6, 6.07) is 6.17. The van der Waals surface area contributed by atoms with Crippen LogP contribution in [0.2, 0.25) is 0 Å². The summed E-state index contributed by atoms with van der Waals surface area (Å²) in [6.45, 7) is 4.02. The van der Waals surface area contributed by atoms with Crippen molar-refractivity contribution in [2.24, 2.45) is 0 Å². The van der Waals surface area contributed by atoms with Crippen molar-refractivity contribution >= 4 is 33.3 Å². The smallest absolute Gasteiger partial charge is 0.166 e. The van der Waals surface area contributed by atoms with Crippen LogP contribution >= 0.6 is 28.1 Å². The average Bonchev–Trinajstić information content (AvgIpc) is 2.43. The lowest BCUT2D eigenvalue weighted by Crippen LogP contribution is -2.37. The van der Waals surface area contributed by atoms with E-state index in [0.29, 0.717) is 5.11 Å². The van der Waals surface area contributed by atoms with Gasteiger partial charge in [0.05, 0.1) is 17.6 Å². The number of hydrogen-bond donors (Lipinski definition) is 2. The summed E-state index contributed by atoms with van der Waals surface area (Å²) in [6.07, 6.45) is 1.07. The molecule has 0 aliphatic rings. The molecule has 0 aliphatic carbocycles.